The first kappa shape index (κ1) is 17.3. The molecule has 0 amide bonds. The molecule has 1 aliphatic carbocycles. The van der Waals surface area contributed by atoms with E-state index in [1.807, 2.05) is 18.2 Å². The average molecular weight is 351 g/mol. The molecule has 0 N–H and O–H groups in total. The number of esters is 1. The van der Waals surface area contributed by atoms with Crippen molar-refractivity contribution >= 4 is 23.4 Å². The minimum Gasteiger partial charge on any atom is -0.495 e. The van der Waals surface area contributed by atoms with Crippen molar-refractivity contribution in [1.29, 1.82) is 0 Å². The van der Waals surface area contributed by atoms with Gasteiger partial charge in [-0.25, -0.2) is 0 Å². The molecule has 3 rings (SSSR count). The Morgan fingerprint density at radius 1 is 1.29 bits per heavy atom. The fraction of sp³-hybridized carbons (Fsp3) is 0.579. The molecule has 5 heteroatoms. The zero-order valence-corrected chi connectivity index (χ0v) is 14.7. The Bertz CT molecular complexity index is 618. The van der Waals surface area contributed by atoms with E-state index in [0.29, 0.717) is 17.2 Å². The Hall–Kier alpha value is -1.55. The van der Waals surface area contributed by atoms with Crippen LogP contribution in [-0.2, 0) is 20.7 Å². The molecule has 1 atom stereocenters. The number of ketones is 1. The molecule has 1 aromatic rings. The van der Waals surface area contributed by atoms with Crippen LogP contribution in [0, 0.1) is 5.41 Å². The number of carbonyl (C=O) groups excluding carboxylic acids is 2. The normalized spacial score (nSPS) is 23.2. The Labute approximate surface area is 147 Å². The van der Waals surface area contributed by atoms with Crippen molar-refractivity contribution in [3.05, 3.63) is 28.8 Å². The fourth-order valence-electron chi connectivity index (χ4n) is 4.09. The number of hydrogen-bond donors (Lipinski definition) is 0. The van der Waals surface area contributed by atoms with Crippen molar-refractivity contribution in [2.24, 2.45) is 5.41 Å². The molecule has 2 aliphatic rings. The Kier molecular flexibility index (Phi) is 5.14. The molecule has 1 saturated carbocycles. The molecular formula is C19H23ClO4. The molecule has 1 saturated heterocycles. The number of benzene rings is 1. The van der Waals surface area contributed by atoms with Crippen molar-refractivity contribution in [3.8, 4) is 5.75 Å². The number of rotatable bonds is 5. The lowest BCUT2D eigenvalue weighted by atomic mass is 9.73. The average Bonchev–Trinajstić information content (AvgIpc) is 3.02. The third-order valence-corrected chi connectivity index (χ3v) is 5.73. The number of Topliss-reactive ketones (excluding diaryl/α,β-unsaturated/α-hetero) is 1. The molecule has 130 valence electrons. The van der Waals surface area contributed by atoms with E-state index < -0.39 is 0 Å². The lowest BCUT2D eigenvalue weighted by Gasteiger charge is -2.38. The van der Waals surface area contributed by atoms with Gasteiger partial charge in [-0.15, -0.1) is 0 Å². The van der Waals surface area contributed by atoms with Crippen molar-refractivity contribution in [3.63, 3.8) is 0 Å². The molecule has 1 heterocycles. The molecular weight excluding hydrogens is 328 g/mol. The van der Waals surface area contributed by atoms with Gasteiger partial charge in [0.05, 0.1) is 12.1 Å². The Balaban J connectivity index is 1.73. The van der Waals surface area contributed by atoms with Gasteiger partial charge in [-0.3, -0.25) is 9.59 Å². The van der Waals surface area contributed by atoms with E-state index in [-0.39, 0.29) is 29.7 Å². The largest absolute Gasteiger partial charge is 0.495 e. The van der Waals surface area contributed by atoms with E-state index in [2.05, 4.69) is 0 Å². The predicted molar refractivity (Wildman–Crippen MR) is 91.3 cm³/mol. The van der Waals surface area contributed by atoms with Crippen LogP contribution in [-0.4, -0.2) is 25.0 Å². The van der Waals surface area contributed by atoms with Crippen LogP contribution in [0.15, 0.2) is 18.2 Å². The molecule has 2 fully saturated rings. The van der Waals surface area contributed by atoms with Gasteiger partial charge in [0.25, 0.3) is 0 Å². The standard InChI is InChI=1S/C19H23ClO4/c1-23-16-5-4-13(10-15(16)20)6-9-19(7-2-3-8-19)17-11-14(21)12-18(22)24-17/h4-5,10,17H,2-3,6-9,11-12H2,1H3. The number of ether oxygens (including phenoxy) is 2. The number of cyclic esters (lactones) is 1. The molecule has 1 aliphatic heterocycles. The van der Waals surface area contributed by atoms with Crippen LogP contribution >= 0.6 is 11.6 Å². The summed E-state index contributed by atoms with van der Waals surface area (Å²) in [5.41, 5.74) is 1.07. The number of aryl methyl sites for hydroxylation is 1. The van der Waals surface area contributed by atoms with Gasteiger partial charge in [0.15, 0.2) is 0 Å². The molecule has 0 bridgehead atoms. The Morgan fingerprint density at radius 3 is 2.67 bits per heavy atom. The summed E-state index contributed by atoms with van der Waals surface area (Å²) in [7, 11) is 1.60. The van der Waals surface area contributed by atoms with E-state index in [9.17, 15) is 9.59 Å². The summed E-state index contributed by atoms with van der Waals surface area (Å²) < 4.78 is 10.8. The van der Waals surface area contributed by atoms with Crippen LogP contribution in [0.5, 0.6) is 5.75 Å². The Morgan fingerprint density at radius 2 is 2.04 bits per heavy atom. The van der Waals surface area contributed by atoms with Gasteiger partial charge in [0.2, 0.25) is 0 Å². The van der Waals surface area contributed by atoms with E-state index in [4.69, 9.17) is 21.1 Å². The van der Waals surface area contributed by atoms with Crippen LogP contribution in [0.25, 0.3) is 0 Å². The first-order chi connectivity index (χ1) is 11.5. The molecule has 0 aromatic heterocycles. The maximum atomic E-state index is 11.8. The maximum Gasteiger partial charge on any atom is 0.313 e. The highest BCUT2D eigenvalue weighted by atomic mass is 35.5. The van der Waals surface area contributed by atoms with Crippen molar-refractivity contribution in [1.82, 2.24) is 0 Å². The summed E-state index contributed by atoms with van der Waals surface area (Å²) in [4.78, 5) is 23.5. The summed E-state index contributed by atoms with van der Waals surface area (Å²) in [5, 5.41) is 0.606. The third-order valence-electron chi connectivity index (χ3n) is 5.44. The lowest BCUT2D eigenvalue weighted by Crippen LogP contribution is -2.42. The molecule has 0 spiro atoms. The highest BCUT2D eigenvalue weighted by Gasteiger charge is 2.45. The summed E-state index contributed by atoms with van der Waals surface area (Å²) in [6.45, 7) is 0. The molecule has 1 unspecified atom stereocenters. The summed E-state index contributed by atoms with van der Waals surface area (Å²) in [5.74, 6) is 0.313. The zero-order valence-electron chi connectivity index (χ0n) is 14.0. The van der Waals surface area contributed by atoms with Gasteiger partial charge in [-0.1, -0.05) is 30.5 Å². The smallest absolute Gasteiger partial charge is 0.313 e. The second kappa shape index (κ2) is 7.14. The first-order valence-electron chi connectivity index (χ1n) is 8.56. The minimum absolute atomic E-state index is 0.00927. The number of methoxy groups -OCH3 is 1. The summed E-state index contributed by atoms with van der Waals surface area (Å²) in [6.07, 6.45) is 6.09. The number of hydrogen-bond acceptors (Lipinski definition) is 4. The minimum atomic E-state index is -0.366. The van der Waals surface area contributed by atoms with Crippen LogP contribution in [0.2, 0.25) is 5.02 Å². The fourth-order valence-corrected chi connectivity index (χ4v) is 4.37. The first-order valence-corrected chi connectivity index (χ1v) is 8.94. The van der Waals surface area contributed by atoms with Crippen LogP contribution in [0.1, 0.15) is 50.5 Å². The SMILES string of the molecule is COc1ccc(CCC2(C3CC(=O)CC(=O)O3)CCCC2)cc1Cl. The summed E-state index contributed by atoms with van der Waals surface area (Å²) >= 11 is 6.21. The quantitative estimate of drug-likeness (QED) is 0.592. The molecule has 24 heavy (non-hydrogen) atoms. The second-order valence-corrected chi connectivity index (χ2v) is 7.34. The van der Waals surface area contributed by atoms with Crippen LogP contribution < -0.4 is 4.74 Å². The van der Waals surface area contributed by atoms with Gasteiger partial charge < -0.3 is 9.47 Å². The van der Waals surface area contributed by atoms with E-state index in [1.54, 1.807) is 7.11 Å². The van der Waals surface area contributed by atoms with Crippen molar-refractivity contribution < 1.29 is 19.1 Å². The molecule has 1 aromatic carbocycles. The highest BCUT2D eigenvalue weighted by molar-refractivity contribution is 6.32. The maximum absolute atomic E-state index is 11.8. The van der Waals surface area contributed by atoms with Gasteiger partial charge in [0, 0.05) is 11.8 Å². The topological polar surface area (TPSA) is 52.6 Å². The van der Waals surface area contributed by atoms with Crippen molar-refractivity contribution in [2.75, 3.05) is 7.11 Å². The zero-order chi connectivity index (χ0) is 17.2. The van der Waals surface area contributed by atoms with Crippen molar-refractivity contribution in [2.45, 2.75) is 57.5 Å². The second-order valence-electron chi connectivity index (χ2n) is 6.94. The van der Waals surface area contributed by atoms with Crippen LogP contribution in [0.4, 0.5) is 0 Å². The molecule has 0 radical (unpaired) electrons. The number of halogens is 1. The van der Waals surface area contributed by atoms with E-state index in [1.165, 1.54) is 0 Å². The molecule has 4 nitrogen and oxygen atoms in total. The van der Waals surface area contributed by atoms with E-state index in [0.717, 1.165) is 44.1 Å². The predicted octanol–water partition coefficient (Wildman–Crippen LogP) is 4.12. The monoisotopic (exact) mass is 350 g/mol. The number of carbonyl (C=O) groups is 2. The van der Waals surface area contributed by atoms with Gasteiger partial charge in [-0.05, 0) is 43.4 Å². The highest BCUT2D eigenvalue weighted by Crippen LogP contribution is 2.48. The van der Waals surface area contributed by atoms with Crippen LogP contribution in [0.3, 0.4) is 0 Å². The van der Waals surface area contributed by atoms with Gasteiger partial charge in [-0.2, -0.15) is 0 Å². The van der Waals surface area contributed by atoms with Gasteiger partial charge >= 0.3 is 5.97 Å². The van der Waals surface area contributed by atoms with Gasteiger partial charge in [0.1, 0.15) is 24.1 Å². The third kappa shape index (κ3) is 3.59. The van der Waals surface area contributed by atoms with E-state index >= 15 is 0 Å². The lowest BCUT2D eigenvalue weighted by molar-refractivity contribution is -0.166. The summed E-state index contributed by atoms with van der Waals surface area (Å²) in [6, 6.07) is 5.83.